The van der Waals surface area contributed by atoms with Crippen molar-refractivity contribution in [2.24, 2.45) is 5.73 Å². The zero-order valence-corrected chi connectivity index (χ0v) is 10.2. The Balaban J connectivity index is 2.83. The number of hydrogen-bond acceptors (Lipinski definition) is 3. The highest BCUT2D eigenvalue weighted by atomic mass is 15.3. The number of hydrogen-bond donors (Lipinski definition) is 1. The Labute approximate surface area is 91.9 Å². The lowest BCUT2D eigenvalue weighted by Crippen LogP contribution is -2.12. The molecule has 0 saturated carbocycles. The van der Waals surface area contributed by atoms with E-state index < -0.39 is 0 Å². The van der Waals surface area contributed by atoms with E-state index in [0.717, 1.165) is 31.0 Å². The molecule has 1 heterocycles. The summed E-state index contributed by atoms with van der Waals surface area (Å²) in [6.07, 6.45) is 2.13. The first kappa shape index (κ1) is 12.2. The Morgan fingerprint density at radius 3 is 2.47 bits per heavy atom. The molecule has 0 aliphatic carbocycles. The SMILES string of the molecule is Cc1nnc(C(C)CCCN)n1C(C)C. The summed E-state index contributed by atoms with van der Waals surface area (Å²) in [5.41, 5.74) is 5.52. The van der Waals surface area contributed by atoms with Crippen LogP contribution in [-0.2, 0) is 0 Å². The third kappa shape index (κ3) is 2.78. The van der Waals surface area contributed by atoms with E-state index in [9.17, 15) is 0 Å². The molecule has 4 heteroatoms. The maximum absolute atomic E-state index is 5.52. The molecule has 1 aromatic heterocycles. The molecule has 0 aliphatic rings. The van der Waals surface area contributed by atoms with Crippen molar-refractivity contribution in [3.8, 4) is 0 Å². The van der Waals surface area contributed by atoms with Crippen LogP contribution in [0.4, 0.5) is 0 Å². The van der Waals surface area contributed by atoms with Crippen molar-refractivity contribution in [3.05, 3.63) is 11.6 Å². The van der Waals surface area contributed by atoms with Gasteiger partial charge >= 0.3 is 0 Å². The van der Waals surface area contributed by atoms with Crippen LogP contribution in [0.5, 0.6) is 0 Å². The molecule has 1 rings (SSSR count). The molecule has 0 aromatic carbocycles. The number of nitrogens with zero attached hydrogens (tertiary/aromatic N) is 3. The summed E-state index contributed by atoms with van der Waals surface area (Å²) in [6.45, 7) is 9.27. The van der Waals surface area contributed by atoms with Crippen molar-refractivity contribution in [2.45, 2.75) is 52.5 Å². The van der Waals surface area contributed by atoms with Gasteiger partial charge in [0.25, 0.3) is 0 Å². The molecule has 1 atom stereocenters. The highest BCUT2D eigenvalue weighted by molar-refractivity contribution is 5.01. The molecular formula is C11H22N4. The van der Waals surface area contributed by atoms with Crippen LogP contribution < -0.4 is 5.73 Å². The van der Waals surface area contributed by atoms with E-state index in [0.29, 0.717) is 12.0 Å². The number of aromatic nitrogens is 3. The minimum absolute atomic E-state index is 0.426. The Morgan fingerprint density at radius 1 is 1.27 bits per heavy atom. The van der Waals surface area contributed by atoms with Crippen LogP contribution >= 0.6 is 0 Å². The highest BCUT2D eigenvalue weighted by Crippen LogP contribution is 2.22. The molecule has 15 heavy (non-hydrogen) atoms. The van der Waals surface area contributed by atoms with Gasteiger partial charge in [0, 0.05) is 12.0 Å². The summed E-state index contributed by atoms with van der Waals surface area (Å²) in [4.78, 5) is 0. The molecule has 4 nitrogen and oxygen atoms in total. The monoisotopic (exact) mass is 210 g/mol. The van der Waals surface area contributed by atoms with E-state index in [2.05, 4.69) is 35.5 Å². The summed E-state index contributed by atoms with van der Waals surface area (Å²) in [5.74, 6) is 2.53. The van der Waals surface area contributed by atoms with Gasteiger partial charge in [0.2, 0.25) is 0 Å². The summed E-state index contributed by atoms with van der Waals surface area (Å²) >= 11 is 0. The summed E-state index contributed by atoms with van der Waals surface area (Å²) in [6, 6.07) is 0.426. The Kier molecular flexibility index (Phi) is 4.27. The van der Waals surface area contributed by atoms with Gasteiger partial charge in [0.1, 0.15) is 11.6 Å². The first-order chi connectivity index (χ1) is 7.07. The zero-order valence-electron chi connectivity index (χ0n) is 10.2. The van der Waals surface area contributed by atoms with E-state index in [4.69, 9.17) is 5.73 Å². The third-order valence-corrected chi connectivity index (χ3v) is 2.69. The van der Waals surface area contributed by atoms with Gasteiger partial charge in [-0.3, -0.25) is 0 Å². The van der Waals surface area contributed by atoms with Crippen molar-refractivity contribution in [1.82, 2.24) is 14.8 Å². The quantitative estimate of drug-likeness (QED) is 0.808. The predicted octanol–water partition coefficient (Wildman–Crippen LogP) is 2.01. The van der Waals surface area contributed by atoms with Crippen LogP contribution in [0.1, 0.15) is 57.2 Å². The maximum atomic E-state index is 5.52. The lowest BCUT2D eigenvalue weighted by molar-refractivity contribution is 0.508. The predicted molar refractivity (Wildman–Crippen MR) is 61.8 cm³/mol. The Hall–Kier alpha value is -0.900. The number of aryl methyl sites for hydroxylation is 1. The molecular weight excluding hydrogens is 188 g/mol. The van der Waals surface area contributed by atoms with Gasteiger partial charge in [-0.1, -0.05) is 6.92 Å². The van der Waals surface area contributed by atoms with Crippen LogP contribution in [-0.4, -0.2) is 21.3 Å². The van der Waals surface area contributed by atoms with Gasteiger partial charge in [0.15, 0.2) is 0 Å². The van der Waals surface area contributed by atoms with Crippen molar-refractivity contribution >= 4 is 0 Å². The first-order valence-corrected chi connectivity index (χ1v) is 5.69. The summed E-state index contributed by atoms with van der Waals surface area (Å²) in [5, 5.41) is 8.41. The van der Waals surface area contributed by atoms with Gasteiger partial charge in [-0.25, -0.2) is 0 Å². The van der Waals surface area contributed by atoms with Crippen molar-refractivity contribution in [1.29, 1.82) is 0 Å². The molecule has 86 valence electrons. The molecule has 0 aliphatic heterocycles. The fourth-order valence-electron chi connectivity index (χ4n) is 1.91. The van der Waals surface area contributed by atoms with Crippen molar-refractivity contribution in [3.63, 3.8) is 0 Å². The smallest absolute Gasteiger partial charge is 0.136 e. The molecule has 0 spiro atoms. The largest absolute Gasteiger partial charge is 0.330 e. The Bertz CT molecular complexity index is 304. The van der Waals surface area contributed by atoms with E-state index in [-0.39, 0.29) is 0 Å². The van der Waals surface area contributed by atoms with Crippen LogP contribution in [0, 0.1) is 6.92 Å². The van der Waals surface area contributed by atoms with Crippen LogP contribution in [0.2, 0.25) is 0 Å². The van der Waals surface area contributed by atoms with E-state index in [1.165, 1.54) is 0 Å². The number of rotatable bonds is 5. The second-order valence-electron chi connectivity index (χ2n) is 4.40. The highest BCUT2D eigenvalue weighted by Gasteiger charge is 2.16. The second-order valence-corrected chi connectivity index (χ2v) is 4.40. The summed E-state index contributed by atoms with van der Waals surface area (Å²) in [7, 11) is 0. The van der Waals surface area contributed by atoms with E-state index in [1.807, 2.05) is 6.92 Å². The summed E-state index contributed by atoms with van der Waals surface area (Å²) < 4.78 is 2.21. The standard InChI is InChI=1S/C11H22N4/c1-8(2)15-10(4)13-14-11(15)9(3)6-5-7-12/h8-9H,5-7,12H2,1-4H3. The molecule has 1 aromatic rings. The van der Waals surface area contributed by atoms with Crippen LogP contribution in [0.3, 0.4) is 0 Å². The maximum Gasteiger partial charge on any atom is 0.136 e. The lowest BCUT2D eigenvalue weighted by Gasteiger charge is -2.16. The molecule has 0 radical (unpaired) electrons. The van der Waals surface area contributed by atoms with Crippen molar-refractivity contribution < 1.29 is 0 Å². The Morgan fingerprint density at radius 2 is 1.93 bits per heavy atom. The molecule has 2 N–H and O–H groups in total. The van der Waals surface area contributed by atoms with Gasteiger partial charge in [-0.2, -0.15) is 0 Å². The van der Waals surface area contributed by atoms with Gasteiger partial charge < -0.3 is 10.3 Å². The fourth-order valence-corrected chi connectivity index (χ4v) is 1.91. The van der Waals surface area contributed by atoms with E-state index in [1.54, 1.807) is 0 Å². The molecule has 0 amide bonds. The lowest BCUT2D eigenvalue weighted by atomic mass is 10.0. The second kappa shape index (κ2) is 5.26. The average molecular weight is 210 g/mol. The van der Waals surface area contributed by atoms with Gasteiger partial charge in [0.05, 0.1) is 0 Å². The normalized spacial score (nSPS) is 13.5. The molecule has 1 unspecified atom stereocenters. The van der Waals surface area contributed by atoms with Crippen LogP contribution in [0.15, 0.2) is 0 Å². The minimum Gasteiger partial charge on any atom is -0.330 e. The average Bonchev–Trinajstić information content (AvgIpc) is 2.56. The van der Waals surface area contributed by atoms with Gasteiger partial charge in [-0.05, 0) is 40.2 Å². The topological polar surface area (TPSA) is 56.7 Å². The minimum atomic E-state index is 0.426. The molecule has 0 saturated heterocycles. The number of nitrogens with two attached hydrogens (primary N) is 1. The van der Waals surface area contributed by atoms with Crippen LogP contribution in [0.25, 0.3) is 0 Å². The van der Waals surface area contributed by atoms with Crippen molar-refractivity contribution in [2.75, 3.05) is 6.54 Å². The molecule has 0 bridgehead atoms. The van der Waals surface area contributed by atoms with E-state index >= 15 is 0 Å². The third-order valence-electron chi connectivity index (χ3n) is 2.69. The van der Waals surface area contributed by atoms with Gasteiger partial charge in [-0.15, -0.1) is 10.2 Å². The fraction of sp³-hybridized carbons (Fsp3) is 0.818. The first-order valence-electron chi connectivity index (χ1n) is 5.69. The molecule has 0 fully saturated rings. The zero-order chi connectivity index (χ0) is 11.4.